The molecule has 0 aliphatic carbocycles. The Morgan fingerprint density at radius 1 is 0.919 bits per heavy atom. The van der Waals surface area contributed by atoms with Gasteiger partial charge in [-0.2, -0.15) is 0 Å². The minimum absolute atomic E-state index is 0.0791. The van der Waals surface area contributed by atoms with Crippen molar-refractivity contribution in [3.63, 3.8) is 0 Å². The fourth-order valence-corrected chi connectivity index (χ4v) is 16.3. The molecule has 6 nitrogen and oxygen atoms in total. The van der Waals surface area contributed by atoms with Gasteiger partial charge in [0, 0.05) is 17.4 Å². The van der Waals surface area contributed by atoms with Gasteiger partial charge in [0.1, 0.15) is 12.7 Å². The Bertz CT molecular complexity index is 702. The summed E-state index contributed by atoms with van der Waals surface area (Å²) in [6, 6.07) is 2.27. The summed E-state index contributed by atoms with van der Waals surface area (Å²) in [5.41, 5.74) is 0.321. The van der Waals surface area contributed by atoms with Gasteiger partial charge >= 0.3 is 5.97 Å². The van der Waals surface area contributed by atoms with Crippen LogP contribution in [0.2, 0.25) is 51.4 Å². The van der Waals surface area contributed by atoms with Crippen molar-refractivity contribution in [2.24, 2.45) is 0 Å². The zero-order valence-corrected chi connectivity index (χ0v) is 29.3. The van der Waals surface area contributed by atoms with Gasteiger partial charge in [-0.15, -0.1) is 0 Å². The predicted molar refractivity (Wildman–Crippen MR) is 164 cm³/mol. The summed E-state index contributed by atoms with van der Waals surface area (Å²) < 4.78 is 25.0. The standard InChI is InChI=1S/C28H60O6Si3/c1-14-17-21-36(10,11)33-27(6,7)37(12,13)34-28(15-2,16-3)35(8,9)20-18-19-31-22-25(29)23-32-26(30)24(4)5/h25,29H,4,14-23H2,1-3,5-13H3. The number of aliphatic hydroxyl groups is 1. The Labute approximate surface area is 232 Å². The molecule has 0 heterocycles. The molecule has 0 aromatic heterocycles. The van der Waals surface area contributed by atoms with Gasteiger partial charge < -0.3 is 23.4 Å². The number of hydrogen-bond donors (Lipinski definition) is 1. The highest BCUT2D eigenvalue weighted by atomic mass is 28.4. The van der Waals surface area contributed by atoms with E-state index in [1.165, 1.54) is 18.9 Å². The van der Waals surface area contributed by atoms with Crippen LogP contribution in [0.5, 0.6) is 0 Å². The first-order valence-electron chi connectivity index (χ1n) is 14.3. The summed E-state index contributed by atoms with van der Waals surface area (Å²) in [5.74, 6) is -0.491. The third-order valence-corrected chi connectivity index (χ3v) is 19.9. The van der Waals surface area contributed by atoms with E-state index >= 15 is 0 Å². The second-order valence-electron chi connectivity index (χ2n) is 12.9. The largest absolute Gasteiger partial charge is 0.460 e. The number of ether oxygens (including phenoxy) is 2. The highest BCUT2D eigenvalue weighted by Gasteiger charge is 2.53. The molecule has 0 aliphatic heterocycles. The second kappa shape index (κ2) is 15.5. The summed E-state index contributed by atoms with van der Waals surface area (Å²) >= 11 is 0. The number of aliphatic hydroxyl groups excluding tert-OH is 1. The lowest BCUT2D eigenvalue weighted by atomic mass is 10.2. The Hall–Kier alpha value is -0.299. The molecule has 0 saturated carbocycles. The zero-order chi connectivity index (χ0) is 29.1. The molecule has 0 bridgehead atoms. The lowest BCUT2D eigenvalue weighted by molar-refractivity contribution is -0.143. The molecule has 1 N–H and O–H groups in total. The molecule has 1 unspecified atom stereocenters. The van der Waals surface area contributed by atoms with Gasteiger partial charge in [0.05, 0.1) is 19.9 Å². The quantitative estimate of drug-likeness (QED) is 0.0712. The molecule has 220 valence electrons. The minimum Gasteiger partial charge on any atom is -0.460 e. The maximum atomic E-state index is 11.5. The lowest BCUT2D eigenvalue weighted by Gasteiger charge is -2.53. The van der Waals surface area contributed by atoms with Crippen LogP contribution < -0.4 is 0 Å². The highest BCUT2D eigenvalue weighted by Crippen LogP contribution is 2.42. The second-order valence-corrected chi connectivity index (χ2v) is 26.7. The molecule has 0 saturated heterocycles. The van der Waals surface area contributed by atoms with Crippen LogP contribution in [0.25, 0.3) is 0 Å². The van der Waals surface area contributed by atoms with E-state index in [0.717, 1.165) is 25.3 Å². The Kier molecular flexibility index (Phi) is 15.4. The summed E-state index contributed by atoms with van der Waals surface area (Å²) in [7, 11) is -5.82. The number of esters is 1. The van der Waals surface area contributed by atoms with Gasteiger partial charge in [0.25, 0.3) is 0 Å². The smallest absolute Gasteiger partial charge is 0.333 e. The predicted octanol–water partition coefficient (Wildman–Crippen LogP) is 7.24. The third-order valence-electron chi connectivity index (χ3n) is 8.10. The van der Waals surface area contributed by atoms with Crippen LogP contribution in [-0.4, -0.2) is 72.2 Å². The lowest BCUT2D eigenvalue weighted by Crippen LogP contribution is -2.66. The molecule has 37 heavy (non-hydrogen) atoms. The molecular weight excluding hydrogens is 517 g/mol. The van der Waals surface area contributed by atoms with Crippen molar-refractivity contribution < 1.29 is 28.2 Å². The molecule has 9 heteroatoms. The SMILES string of the molecule is C=C(C)C(=O)OCC(O)COCCC[Si](C)(C)C(CC)(CC)O[Si](C)(C)C(C)(C)O[Si](C)(C)CCCC. The molecule has 0 spiro atoms. The van der Waals surface area contributed by atoms with E-state index in [4.69, 9.17) is 18.3 Å². The zero-order valence-electron chi connectivity index (χ0n) is 26.3. The summed E-state index contributed by atoms with van der Waals surface area (Å²) in [5, 5.41) is 9.65. The molecule has 0 rings (SSSR count). The van der Waals surface area contributed by atoms with Crippen molar-refractivity contribution in [1.29, 1.82) is 0 Å². The molecule has 0 fully saturated rings. The molecule has 1 atom stereocenters. The van der Waals surface area contributed by atoms with Gasteiger partial charge in [-0.05, 0) is 72.3 Å². The number of rotatable bonds is 20. The number of unbranched alkanes of at least 4 members (excludes halogenated alkanes) is 1. The van der Waals surface area contributed by atoms with E-state index in [1.807, 2.05) is 0 Å². The average molecular weight is 577 g/mol. The van der Waals surface area contributed by atoms with Crippen LogP contribution in [0.15, 0.2) is 12.2 Å². The molecule has 0 aromatic carbocycles. The van der Waals surface area contributed by atoms with Crippen LogP contribution in [-0.2, 0) is 23.1 Å². The fourth-order valence-electron chi connectivity index (χ4n) is 4.97. The van der Waals surface area contributed by atoms with Gasteiger partial charge in [0.2, 0.25) is 8.32 Å². The van der Waals surface area contributed by atoms with E-state index < -0.39 is 36.8 Å². The minimum atomic E-state index is -2.23. The van der Waals surface area contributed by atoms with E-state index in [0.29, 0.717) is 12.2 Å². The van der Waals surface area contributed by atoms with Crippen LogP contribution >= 0.6 is 0 Å². The average Bonchev–Trinajstić information content (AvgIpc) is 2.78. The van der Waals surface area contributed by atoms with Crippen molar-refractivity contribution in [1.82, 2.24) is 0 Å². The van der Waals surface area contributed by atoms with Crippen molar-refractivity contribution >= 4 is 30.7 Å². The molecule has 0 amide bonds. The monoisotopic (exact) mass is 576 g/mol. The highest BCUT2D eigenvalue weighted by molar-refractivity contribution is 6.83. The summed E-state index contributed by atoms with van der Waals surface area (Å²) in [4.78, 5) is 11.5. The molecule has 0 radical (unpaired) electrons. The van der Waals surface area contributed by atoms with Gasteiger partial charge in [-0.25, -0.2) is 4.79 Å². The number of carbonyl (C=O) groups excluding carboxylic acids is 1. The van der Waals surface area contributed by atoms with E-state index in [9.17, 15) is 9.90 Å². The van der Waals surface area contributed by atoms with Crippen molar-refractivity contribution in [3.05, 3.63) is 12.2 Å². The van der Waals surface area contributed by atoms with Gasteiger partial charge in [-0.3, -0.25) is 0 Å². The molecular formula is C28H60O6Si3. The number of hydrogen-bond acceptors (Lipinski definition) is 6. The maximum absolute atomic E-state index is 11.5. The van der Waals surface area contributed by atoms with Gasteiger partial charge in [0.15, 0.2) is 8.32 Å². The van der Waals surface area contributed by atoms with Crippen molar-refractivity contribution in [2.45, 2.75) is 142 Å². The van der Waals surface area contributed by atoms with Crippen molar-refractivity contribution in [2.75, 3.05) is 19.8 Å². The summed E-state index contributed by atoms with van der Waals surface area (Å²) in [6.45, 7) is 31.4. The Morgan fingerprint density at radius 2 is 1.49 bits per heavy atom. The summed E-state index contributed by atoms with van der Waals surface area (Å²) in [6.07, 6.45) is 4.52. The van der Waals surface area contributed by atoms with Crippen LogP contribution in [0.1, 0.15) is 73.6 Å². The van der Waals surface area contributed by atoms with Gasteiger partial charge in [-0.1, -0.05) is 59.3 Å². The topological polar surface area (TPSA) is 74.2 Å². The van der Waals surface area contributed by atoms with Crippen LogP contribution in [0.3, 0.4) is 0 Å². The first-order valence-corrected chi connectivity index (χ1v) is 23.5. The first kappa shape index (κ1) is 36.7. The first-order chi connectivity index (χ1) is 16.8. The van der Waals surface area contributed by atoms with E-state index in [-0.39, 0.29) is 23.7 Å². The van der Waals surface area contributed by atoms with Crippen LogP contribution in [0, 0.1) is 0 Å². The van der Waals surface area contributed by atoms with Crippen LogP contribution in [0.4, 0.5) is 0 Å². The Morgan fingerprint density at radius 3 is 1.97 bits per heavy atom. The Balaban J connectivity index is 5.16. The fraction of sp³-hybridized carbons (Fsp3) is 0.893. The van der Waals surface area contributed by atoms with E-state index in [2.05, 4.69) is 80.5 Å². The normalized spacial score (nSPS) is 14.5. The maximum Gasteiger partial charge on any atom is 0.333 e. The number of carbonyl (C=O) groups is 1. The molecule has 0 aromatic rings. The third kappa shape index (κ3) is 11.8. The van der Waals surface area contributed by atoms with Crippen molar-refractivity contribution in [3.8, 4) is 0 Å². The van der Waals surface area contributed by atoms with E-state index in [1.54, 1.807) is 6.92 Å². The molecule has 0 aliphatic rings.